The fourth-order valence-corrected chi connectivity index (χ4v) is 1.72. The molecule has 2 rings (SSSR count). The summed E-state index contributed by atoms with van der Waals surface area (Å²) in [6.45, 7) is 8.72. The maximum Gasteiger partial charge on any atom is 0.236 e. The Hall–Kier alpha value is -1.69. The summed E-state index contributed by atoms with van der Waals surface area (Å²) in [6, 6.07) is 0. The molecule has 0 aliphatic heterocycles. The van der Waals surface area contributed by atoms with Crippen LogP contribution < -0.4 is 5.32 Å². The highest BCUT2D eigenvalue weighted by Gasteiger charge is 2.06. The van der Waals surface area contributed by atoms with E-state index in [1.54, 1.807) is 6.33 Å². The molecule has 0 aromatic carbocycles. The SMILES string of the molecule is CCc1nnc(Cn2cnc(CNCC(C)C)c2)o1. The third-order valence-electron chi connectivity index (χ3n) is 2.67. The van der Waals surface area contributed by atoms with Crippen LogP contribution in [0.15, 0.2) is 16.9 Å². The van der Waals surface area contributed by atoms with E-state index in [0.717, 1.165) is 25.2 Å². The fraction of sp³-hybridized carbons (Fsp3) is 0.615. The van der Waals surface area contributed by atoms with Gasteiger partial charge in [0.2, 0.25) is 11.8 Å². The van der Waals surface area contributed by atoms with Crippen LogP contribution in [0.3, 0.4) is 0 Å². The Bertz CT molecular complexity index is 503. The van der Waals surface area contributed by atoms with E-state index in [1.165, 1.54) is 0 Å². The van der Waals surface area contributed by atoms with Crippen LogP contribution in [-0.2, 0) is 19.5 Å². The highest BCUT2D eigenvalue weighted by molar-refractivity contribution is 4.98. The van der Waals surface area contributed by atoms with E-state index >= 15 is 0 Å². The number of hydrogen-bond donors (Lipinski definition) is 1. The van der Waals surface area contributed by atoms with E-state index in [2.05, 4.69) is 34.3 Å². The number of aryl methyl sites for hydroxylation is 1. The normalized spacial score (nSPS) is 11.4. The Kier molecular flexibility index (Phi) is 4.68. The Morgan fingerprint density at radius 1 is 1.32 bits per heavy atom. The van der Waals surface area contributed by atoms with E-state index in [0.29, 0.717) is 24.2 Å². The molecule has 0 fully saturated rings. The second-order valence-electron chi connectivity index (χ2n) is 5.01. The largest absolute Gasteiger partial charge is 0.423 e. The van der Waals surface area contributed by atoms with Crippen molar-refractivity contribution in [1.82, 2.24) is 25.1 Å². The Balaban J connectivity index is 1.86. The molecule has 2 heterocycles. The van der Waals surface area contributed by atoms with Gasteiger partial charge in [-0.2, -0.15) is 0 Å². The summed E-state index contributed by atoms with van der Waals surface area (Å²) in [5.74, 6) is 1.94. The lowest BCUT2D eigenvalue weighted by Gasteiger charge is -2.04. The van der Waals surface area contributed by atoms with E-state index in [4.69, 9.17) is 4.42 Å². The molecule has 0 aliphatic carbocycles. The average molecular weight is 263 g/mol. The molecule has 104 valence electrons. The molecule has 0 unspecified atom stereocenters. The standard InChI is InChI=1S/C13H21N5O/c1-4-12-16-17-13(19-12)8-18-7-11(15-9-18)6-14-5-10(2)3/h7,9-10,14H,4-6,8H2,1-3H3. The van der Waals surface area contributed by atoms with Crippen molar-refractivity contribution in [1.29, 1.82) is 0 Å². The molecule has 2 aromatic heterocycles. The zero-order valence-corrected chi connectivity index (χ0v) is 11.8. The fourth-order valence-electron chi connectivity index (χ4n) is 1.72. The van der Waals surface area contributed by atoms with E-state index in [9.17, 15) is 0 Å². The van der Waals surface area contributed by atoms with Gasteiger partial charge in [-0.1, -0.05) is 20.8 Å². The minimum Gasteiger partial charge on any atom is -0.423 e. The van der Waals surface area contributed by atoms with Crippen LogP contribution in [0, 0.1) is 5.92 Å². The van der Waals surface area contributed by atoms with Crippen molar-refractivity contribution in [2.24, 2.45) is 5.92 Å². The molecule has 0 saturated heterocycles. The van der Waals surface area contributed by atoms with Crippen LogP contribution in [0.5, 0.6) is 0 Å². The van der Waals surface area contributed by atoms with Crippen LogP contribution in [-0.4, -0.2) is 26.3 Å². The molecule has 6 heteroatoms. The predicted octanol–water partition coefficient (Wildman–Crippen LogP) is 1.62. The highest BCUT2D eigenvalue weighted by Crippen LogP contribution is 2.04. The minimum atomic E-state index is 0.574. The lowest BCUT2D eigenvalue weighted by Crippen LogP contribution is -2.19. The molecule has 19 heavy (non-hydrogen) atoms. The van der Waals surface area contributed by atoms with Gasteiger partial charge in [0.05, 0.1) is 12.0 Å². The van der Waals surface area contributed by atoms with Gasteiger partial charge in [0.25, 0.3) is 0 Å². The molecule has 6 nitrogen and oxygen atoms in total. The van der Waals surface area contributed by atoms with Crippen LogP contribution in [0.25, 0.3) is 0 Å². The summed E-state index contributed by atoms with van der Waals surface area (Å²) >= 11 is 0. The molecule has 0 radical (unpaired) electrons. The van der Waals surface area contributed by atoms with Gasteiger partial charge in [-0.3, -0.25) is 0 Å². The van der Waals surface area contributed by atoms with Gasteiger partial charge in [-0.25, -0.2) is 4.98 Å². The van der Waals surface area contributed by atoms with Gasteiger partial charge < -0.3 is 14.3 Å². The molecule has 0 amide bonds. The molecule has 0 spiro atoms. The van der Waals surface area contributed by atoms with Gasteiger partial charge >= 0.3 is 0 Å². The van der Waals surface area contributed by atoms with Crippen molar-refractivity contribution in [2.45, 2.75) is 40.3 Å². The number of rotatable bonds is 7. The zero-order valence-electron chi connectivity index (χ0n) is 11.8. The van der Waals surface area contributed by atoms with Crippen molar-refractivity contribution in [3.63, 3.8) is 0 Å². The van der Waals surface area contributed by atoms with Crippen LogP contribution in [0.1, 0.15) is 38.2 Å². The molecule has 0 bridgehead atoms. The van der Waals surface area contributed by atoms with Gasteiger partial charge in [0.1, 0.15) is 6.54 Å². The maximum absolute atomic E-state index is 5.47. The van der Waals surface area contributed by atoms with Crippen molar-refractivity contribution in [3.8, 4) is 0 Å². The minimum absolute atomic E-state index is 0.574. The van der Waals surface area contributed by atoms with Crippen LogP contribution >= 0.6 is 0 Å². The first-order valence-electron chi connectivity index (χ1n) is 6.70. The topological polar surface area (TPSA) is 68.8 Å². The number of imidazole rings is 1. The van der Waals surface area contributed by atoms with Crippen LogP contribution in [0.4, 0.5) is 0 Å². The summed E-state index contributed by atoms with van der Waals surface area (Å²) in [4.78, 5) is 4.35. The lowest BCUT2D eigenvalue weighted by molar-refractivity contribution is 0.442. The second kappa shape index (κ2) is 6.47. The zero-order chi connectivity index (χ0) is 13.7. The Labute approximate surface area is 113 Å². The first kappa shape index (κ1) is 13.7. The second-order valence-corrected chi connectivity index (χ2v) is 5.01. The predicted molar refractivity (Wildman–Crippen MR) is 71.5 cm³/mol. The summed E-state index contributed by atoms with van der Waals surface area (Å²) < 4.78 is 7.43. The first-order valence-corrected chi connectivity index (χ1v) is 6.70. The number of nitrogens with zero attached hydrogens (tertiary/aromatic N) is 4. The highest BCUT2D eigenvalue weighted by atomic mass is 16.4. The van der Waals surface area contributed by atoms with E-state index in [-0.39, 0.29) is 0 Å². The molecular formula is C13H21N5O. The first-order chi connectivity index (χ1) is 9.17. The van der Waals surface area contributed by atoms with Gasteiger partial charge in [-0.05, 0) is 12.5 Å². The van der Waals surface area contributed by atoms with Gasteiger partial charge in [-0.15, -0.1) is 10.2 Å². The smallest absolute Gasteiger partial charge is 0.236 e. The molecule has 2 aromatic rings. The van der Waals surface area contributed by atoms with Crippen molar-refractivity contribution >= 4 is 0 Å². The summed E-state index contributed by atoms with van der Waals surface area (Å²) in [7, 11) is 0. The summed E-state index contributed by atoms with van der Waals surface area (Å²) in [6.07, 6.45) is 4.56. The summed E-state index contributed by atoms with van der Waals surface area (Å²) in [5.41, 5.74) is 1.02. The lowest BCUT2D eigenvalue weighted by atomic mass is 10.2. The maximum atomic E-state index is 5.47. The number of aromatic nitrogens is 4. The molecule has 0 atom stereocenters. The van der Waals surface area contributed by atoms with Crippen LogP contribution in [0.2, 0.25) is 0 Å². The molecular weight excluding hydrogens is 242 g/mol. The Morgan fingerprint density at radius 2 is 2.11 bits per heavy atom. The average Bonchev–Trinajstić information content (AvgIpc) is 2.99. The molecule has 1 N–H and O–H groups in total. The van der Waals surface area contributed by atoms with Crippen molar-refractivity contribution in [2.75, 3.05) is 6.54 Å². The monoisotopic (exact) mass is 263 g/mol. The van der Waals surface area contributed by atoms with E-state index < -0.39 is 0 Å². The van der Waals surface area contributed by atoms with Gasteiger partial charge in [0, 0.05) is 19.2 Å². The summed E-state index contributed by atoms with van der Waals surface area (Å²) in [5, 5.41) is 11.3. The van der Waals surface area contributed by atoms with Gasteiger partial charge in [0.15, 0.2) is 0 Å². The van der Waals surface area contributed by atoms with Crippen molar-refractivity contribution in [3.05, 3.63) is 30.0 Å². The van der Waals surface area contributed by atoms with Crippen molar-refractivity contribution < 1.29 is 4.42 Å². The quantitative estimate of drug-likeness (QED) is 0.822. The molecule has 0 saturated carbocycles. The number of nitrogens with one attached hydrogen (secondary N) is 1. The third kappa shape index (κ3) is 4.17. The third-order valence-corrected chi connectivity index (χ3v) is 2.67. The molecule has 0 aliphatic rings. The number of hydrogen-bond acceptors (Lipinski definition) is 5. The Morgan fingerprint density at radius 3 is 2.79 bits per heavy atom. The van der Waals surface area contributed by atoms with E-state index in [1.807, 2.05) is 17.7 Å².